The summed E-state index contributed by atoms with van der Waals surface area (Å²) >= 11 is 0. The highest BCUT2D eigenvalue weighted by Crippen LogP contribution is 2.24. The first kappa shape index (κ1) is 21.2. The molecule has 9 heteroatoms. The number of carbonyl (C=O) groups excluding carboxylic acids is 1. The van der Waals surface area contributed by atoms with Crippen molar-refractivity contribution in [3.63, 3.8) is 0 Å². The van der Waals surface area contributed by atoms with E-state index in [2.05, 4.69) is 5.32 Å². The number of anilines is 1. The summed E-state index contributed by atoms with van der Waals surface area (Å²) in [4.78, 5) is 25.3. The third-order valence-electron chi connectivity index (χ3n) is 4.91. The number of piperidine rings is 1. The van der Waals surface area contributed by atoms with Crippen molar-refractivity contribution in [2.75, 3.05) is 25.5 Å². The number of likely N-dealkylation sites (tertiary alicyclic amines) is 1. The van der Waals surface area contributed by atoms with Gasteiger partial charge in [-0.25, -0.2) is 13.2 Å². The van der Waals surface area contributed by atoms with Crippen LogP contribution in [0.5, 0.6) is 0 Å². The number of rotatable bonds is 5. The standard InChI is InChI=1S/C18H27N3O5S/c1-12(2)20(4)27(25,26)15-8-7-13(3)16(10-15)19-18(24)21-9-5-6-14(11-21)17(22)23/h7-8,10,12,14H,5-6,9,11H2,1-4H3,(H,19,24)(H,22,23). The van der Waals surface area contributed by atoms with Crippen molar-refractivity contribution in [2.24, 2.45) is 5.92 Å². The van der Waals surface area contributed by atoms with Crippen LogP contribution in [0.15, 0.2) is 23.1 Å². The number of urea groups is 1. The van der Waals surface area contributed by atoms with Crippen LogP contribution >= 0.6 is 0 Å². The number of hydrogen-bond donors (Lipinski definition) is 2. The van der Waals surface area contributed by atoms with Gasteiger partial charge in [-0.2, -0.15) is 4.31 Å². The number of amides is 2. The summed E-state index contributed by atoms with van der Waals surface area (Å²) in [5.41, 5.74) is 1.12. The molecule has 0 spiro atoms. The molecule has 2 N–H and O–H groups in total. The third kappa shape index (κ3) is 4.78. The largest absolute Gasteiger partial charge is 0.481 e. The molecule has 0 bridgehead atoms. The highest BCUT2D eigenvalue weighted by atomic mass is 32.2. The molecule has 1 unspecified atom stereocenters. The Balaban J connectivity index is 2.22. The molecule has 0 aliphatic carbocycles. The zero-order valence-corrected chi connectivity index (χ0v) is 16.9. The molecule has 150 valence electrons. The van der Waals surface area contributed by atoms with E-state index in [0.717, 1.165) is 5.56 Å². The number of nitrogens with one attached hydrogen (secondary N) is 1. The molecule has 1 fully saturated rings. The predicted octanol–water partition coefficient (Wildman–Crippen LogP) is 2.35. The maximum atomic E-state index is 12.7. The van der Waals surface area contributed by atoms with E-state index in [1.54, 1.807) is 26.8 Å². The average molecular weight is 397 g/mol. The Kier molecular flexibility index (Phi) is 6.48. The van der Waals surface area contributed by atoms with Crippen LogP contribution in [-0.4, -0.2) is 60.9 Å². The van der Waals surface area contributed by atoms with Gasteiger partial charge < -0.3 is 15.3 Å². The van der Waals surface area contributed by atoms with Crippen molar-refractivity contribution >= 4 is 27.7 Å². The molecule has 1 aromatic rings. The predicted molar refractivity (Wildman–Crippen MR) is 102 cm³/mol. The van der Waals surface area contributed by atoms with Gasteiger partial charge in [-0.15, -0.1) is 0 Å². The minimum atomic E-state index is -3.67. The van der Waals surface area contributed by atoms with E-state index in [0.29, 0.717) is 25.1 Å². The first-order valence-electron chi connectivity index (χ1n) is 8.91. The lowest BCUT2D eigenvalue weighted by atomic mass is 9.99. The fourth-order valence-electron chi connectivity index (χ4n) is 2.90. The first-order valence-corrected chi connectivity index (χ1v) is 10.4. The van der Waals surface area contributed by atoms with Crippen LogP contribution in [0.2, 0.25) is 0 Å². The smallest absolute Gasteiger partial charge is 0.321 e. The number of carboxylic acids is 1. The van der Waals surface area contributed by atoms with E-state index in [4.69, 9.17) is 5.11 Å². The van der Waals surface area contributed by atoms with Gasteiger partial charge in [-0.1, -0.05) is 6.07 Å². The van der Waals surface area contributed by atoms with E-state index in [-0.39, 0.29) is 17.5 Å². The van der Waals surface area contributed by atoms with Crippen molar-refractivity contribution < 1.29 is 23.1 Å². The molecule has 2 amide bonds. The summed E-state index contributed by atoms with van der Waals surface area (Å²) in [6, 6.07) is 3.99. The Bertz CT molecular complexity index is 822. The molecule has 27 heavy (non-hydrogen) atoms. The van der Waals surface area contributed by atoms with Gasteiger partial charge in [0.05, 0.1) is 10.8 Å². The van der Waals surface area contributed by atoms with Crippen molar-refractivity contribution in [3.05, 3.63) is 23.8 Å². The van der Waals surface area contributed by atoms with Crippen LogP contribution in [0.25, 0.3) is 0 Å². The maximum absolute atomic E-state index is 12.7. The molecule has 1 saturated heterocycles. The van der Waals surface area contributed by atoms with Crippen LogP contribution in [0.1, 0.15) is 32.3 Å². The number of nitrogens with zero attached hydrogens (tertiary/aromatic N) is 2. The molecular formula is C18H27N3O5S. The Hall–Kier alpha value is -2.13. The zero-order valence-electron chi connectivity index (χ0n) is 16.1. The number of benzene rings is 1. The lowest BCUT2D eigenvalue weighted by Gasteiger charge is -2.31. The SMILES string of the molecule is Cc1ccc(S(=O)(=O)N(C)C(C)C)cc1NC(=O)N1CCCC(C(=O)O)C1. The van der Waals surface area contributed by atoms with Gasteiger partial charge in [-0.05, 0) is 51.3 Å². The molecule has 1 atom stereocenters. The van der Waals surface area contributed by atoms with Gasteiger partial charge in [-0.3, -0.25) is 4.79 Å². The number of aliphatic carboxylic acids is 1. The van der Waals surface area contributed by atoms with Gasteiger partial charge in [0.1, 0.15) is 0 Å². The van der Waals surface area contributed by atoms with E-state index in [1.165, 1.54) is 28.4 Å². The van der Waals surface area contributed by atoms with Gasteiger partial charge in [0.15, 0.2) is 0 Å². The van der Waals surface area contributed by atoms with Gasteiger partial charge >= 0.3 is 12.0 Å². The summed E-state index contributed by atoms with van der Waals surface area (Å²) in [6.45, 7) is 5.96. The highest BCUT2D eigenvalue weighted by Gasteiger charge is 2.29. The van der Waals surface area contributed by atoms with Crippen LogP contribution in [0, 0.1) is 12.8 Å². The molecule has 1 heterocycles. The van der Waals surface area contributed by atoms with Crippen molar-refractivity contribution in [3.8, 4) is 0 Å². The number of carboxylic acid groups (broad SMARTS) is 1. The highest BCUT2D eigenvalue weighted by molar-refractivity contribution is 7.89. The molecule has 0 radical (unpaired) electrons. The van der Waals surface area contributed by atoms with Crippen LogP contribution < -0.4 is 5.32 Å². The molecule has 1 aliphatic heterocycles. The lowest BCUT2D eigenvalue weighted by molar-refractivity contribution is -0.143. The van der Waals surface area contributed by atoms with Crippen LogP contribution in [-0.2, 0) is 14.8 Å². The van der Waals surface area contributed by atoms with Crippen molar-refractivity contribution in [2.45, 2.75) is 44.6 Å². The molecule has 0 saturated carbocycles. The second kappa shape index (κ2) is 8.26. The molecule has 1 aliphatic rings. The zero-order chi connectivity index (χ0) is 20.4. The second-order valence-electron chi connectivity index (χ2n) is 7.15. The van der Waals surface area contributed by atoms with Gasteiger partial charge in [0.25, 0.3) is 0 Å². The summed E-state index contributed by atoms with van der Waals surface area (Å²) in [6.07, 6.45) is 1.17. The monoisotopic (exact) mass is 397 g/mol. The normalized spacial score (nSPS) is 18.0. The Morgan fingerprint density at radius 3 is 2.59 bits per heavy atom. The third-order valence-corrected chi connectivity index (χ3v) is 6.94. The number of hydrogen-bond acceptors (Lipinski definition) is 4. The van der Waals surface area contributed by atoms with Crippen molar-refractivity contribution in [1.29, 1.82) is 0 Å². The lowest BCUT2D eigenvalue weighted by Crippen LogP contribution is -2.44. The van der Waals surface area contributed by atoms with Crippen LogP contribution in [0.4, 0.5) is 10.5 Å². The quantitative estimate of drug-likeness (QED) is 0.793. The Labute approximate surface area is 160 Å². The van der Waals surface area contributed by atoms with E-state index in [9.17, 15) is 18.0 Å². The Morgan fingerprint density at radius 2 is 2.00 bits per heavy atom. The van der Waals surface area contributed by atoms with E-state index < -0.39 is 27.9 Å². The molecule has 0 aromatic heterocycles. The van der Waals surface area contributed by atoms with Gasteiger partial charge in [0.2, 0.25) is 10.0 Å². The minimum Gasteiger partial charge on any atom is -0.481 e. The average Bonchev–Trinajstić information content (AvgIpc) is 2.62. The van der Waals surface area contributed by atoms with Crippen LogP contribution in [0.3, 0.4) is 0 Å². The van der Waals surface area contributed by atoms with Crippen molar-refractivity contribution in [1.82, 2.24) is 9.21 Å². The number of aryl methyl sites for hydroxylation is 1. The number of sulfonamides is 1. The molecular weight excluding hydrogens is 370 g/mol. The summed E-state index contributed by atoms with van der Waals surface area (Å²) in [7, 11) is -2.16. The fourth-order valence-corrected chi connectivity index (χ4v) is 4.29. The molecule has 1 aromatic carbocycles. The van der Waals surface area contributed by atoms with Gasteiger partial charge in [0, 0.05) is 31.9 Å². The van der Waals surface area contributed by atoms with E-state index >= 15 is 0 Å². The first-order chi connectivity index (χ1) is 12.5. The molecule has 2 rings (SSSR count). The second-order valence-corrected chi connectivity index (χ2v) is 9.14. The number of carbonyl (C=O) groups is 2. The topological polar surface area (TPSA) is 107 Å². The molecule has 8 nitrogen and oxygen atoms in total. The van der Waals surface area contributed by atoms with E-state index in [1.807, 2.05) is 0 Å². The summed E-state index contributed by atoms with van der Waals surface area (Å²) in [5, 5.41) is 11.9. The summed E-state index contributed by atoms with van der Waals surface area (Å²) < 4.78 is 26.6. The fraction of sp³-hybridized carbons (Fsp3) is 0.556. The Morgan fingerprint density at radius 1 is 1.33 bits per heavy atom. The maximum Gasteiger partial charge on any atom is 0.321 e. The summed E-state index contributed by atoms with van der Waals surface area (Å²) in [5.74, 6) is -1.48. The minimum absolute atomic E-state index is 0.0988.